The van der Waals surface area contributed by atoms with Crippen molar-refractivity contribution in [1.29, 1.82) is 0 Å². The number of carbonyl (C=O) groups is 2. The first-order chi connectivity index (χ1) is 8.16. The molecule has 1 N–H and O–H groups in total. The Bertz CT molecular complexity index is 475. The van der Waals surface area contributed by atoms with E-state index < -0.39 is 5.97 Å². The maximum absolute atomic E-state index is 11.9. The summed E-state index contributed by atoms with van der Waals surface area (Å²) in [6, 6.07) is 0.0221. The summed E-state index contributed by atoms with van der Waals surface area (Å²) < 4.78 is 0. The fraction of sp³-hybridized carbons (Fsp3) is 0.538. The summed E-state index contributed by atoms with van der Waals surface area (Å²) in [5, 5.41) is 9.28. The summed E-state index contributed by atoms with van der Waals surface area (Å²) in [5.74, 6) is -0.798. The molecule has 0 spiro atoms. The number of β-lactam (4-membered cyclic amide) rings is 1. The average molecular weight is 233 g/mol. The van der Waals surface area contributed by atoms with Gasteiger partial charge in [-0.05, 0) is 31.8 Å². The number of carboxylic acids is 1. The van der Waals surface area contributed by atoms with E-state index in [2.05, 4.69) is 0 Å². The van der Waals surface area contributed by atoms with Crippen molar-refractivity contribution < 1.29 is 14.7 Å². The summed E-state index contributed by atoms with van der Waals surface area (Å²) in [6.45, 7) is 1.85. The Morgan fingerprint density at radius 2 is 2.24 bits per heavy atom. The molecule has 0 aromatic carbocycles. The third-order valence-electron chi connectivity index (χ3n) is 4.16. The minimum Gasteiger partial charge on any atom is -0.477 e. The molecule has 2 aliphatic heterocycles. The van der Waals surface area contributed by atoms with Crippen LogP contribution in [0.2, 0.25) is 0 Å². The van der Waals surface area contributed by atoms with Crippen molar-refractivity contribution in [3.05, 3.63) is 22.9 Å². The number of nitrogens with zero attached hydrogens (tertiary/aromatic N) is 1. The number of carboxylic acid groups (broad SMARTS) is 1. The van der Waals surface area contributed by atoms with Gasteiger partial charge in [-0.2, -0.15) is 0 Å². The lowest BCUT2D eigenvalue weighted by atomic mass is 9.77. The molecule has 1 amide bonds. The molecule has 0 unspecified atom stereocenters. The standard InChI is InChI=1S/C13H15NO3/c1-2-7-10-8-5-3-4-6-9(8)11(13(16)17)14(10)12(7)15/h2,8,10H,3-6H2,1H3,(H,16,17)/t8-,10-/m0/s1. The van der Waals surface area contributed by atoms with E-state index >= 15 is 0 Å². The Balaban J connectivity index is 2.07. The summed E-state index contributed by atoms with van der Waals surface area (Å²) >= 11 is 0. The maximum atomic E-state index is 11.9. The fourth-order valence-electron chi connectivity index (χ4n) is 3.47. The number of fused-ring (bicyclic) bond motifs is 3. The predicted octanol–water partition coefficient (Wildman–Crippen LogP) is 1.69. The van der Waals surface area contributed by atoms with Crippen molar-refractivity contribution in [3.8, 4) is 0 Å². The van der Waals surface area contributed by atoms with Gasteiger partial charge in [0, 0.05) is 11.5 Å². The summed E-state index contributed by atoms with van der Waals surface area (Å²) in [6.07, 6.45) is 5.86. The third kappa shape index (κ3) is 1.18. The molecule has 1 saturated heterocycles. The van der Waals surface area contributed by atoms with Crippen LogP contribution in [0.15, 0.2) is 22.9 Å². The van der Waals surface area contributed by atoms with Crippen LogP contribution in [0.1, 0.15) is 32.6 Å². The van der Waals surface area contributed by atoms with E-state index in [-0.39, 0.29) is 23.6 Å². The molecule has 4 nitrogen and oxygen atoms in total. The van der Waals surface area contributed by atoms with Gasteiger partial charge in [0.25, 0.3) is 5.91 Å². The minimum absolute atomic E-state index is 0.0221. The molecule has 1 aliphatic carbocycles. The normalized spacial score (nSPS) is 33.6. The molecule has 90 valence electrons. The molecule has 4 heteroatoms. The zero-order valence-electron chi connectivity index (χ0n) is 9.77. The highest BCUT2D eigenvalue weighted by molar-refractivity contribution is 6.09. The molecule has 3 rings (SSSR count). The highest BCUT2D eigenvalue weighted by Crippen LogP contribution is 2.50. The second-order valence-corrected chi connectivity index (χ2v) is 4.90. The lowest BCUT2D eigenvalue weighted by Crippen LogP contribution is -2.54. The van der Waals surface area contributed by atoms with E-state index in [0.29, 0.717) is 0 Å². The number of allylic oxidation sites excluding steroid dienone is 1. The van der Waals surface area contributed by atoms with Crippen molar-refractivity contribution in [2.24, 2.45) is 5.92 Å². The van der Waals surface area contributed by atoms with Crippen LogP contribution in [0, 0.1) is 5.92 Å². The van der Waals surface area contributed by atoms with Crippen LogP contribution in [-0.2, 0) is 9.59 Å². The van der Waals surface area contributed by atoms with Crippen molar-refractivity contribution in [1.82, 2.24) is 4.90 Å². The van der Waals surface area contributed by atoms with Gasteiger partial charge in [-0.15, -0.1) is 0 Å². The molecular formula is C13H15NO3. The van der Waals surface area contributed by atoms with Gasteiger partial charge in [0.15, 0.2) is 0 Å². The topological polar surface area (TPSA) is 57.6 Å². The molecule has 0 aromatic heterocycles. The molecule has 0 aromatic rings. The Labute approximate surface area is 99.6 Å². The predicted molar refractivity (Wildman–Crippen MR) is 61.0 cm³/mol. The maximum Gasteiger partial charge on any atom is 0.352 e. The van der Waals surface area contributed by atoms with Gasteiger partial charge >= 0.3 is 5.97 Å². The highest BCUT2D eigenvalue weighted by atomic mass is 16.4. The van der Waals surface area contributed by atoms with Crippen molar-refractivity contribution in [3.63, 3.8) is 0 Å². The number of carbonyl (C=O) groups excluding carboxylic acids is 1. The van der Waals surface area contributed by atoms with Crippen LogP contribution < -0.4 is 0 Å². The van der Waals surface area contributed by atoms with Crippen LogP contribution in [0.3, 0.4) is 0 Å². The zero-order chi connectivity index (χ0) is 12.2. The van der Waals surface area contributed by atoms with E-state index in [0.717, 1.165) is 36.8 Å². The zero-order valence-corrected chi connectivity index (χ0v) is 9.77. The molecule has 0 bridgehead atoms. The Morgan fingerprint density at radius 1 is 1.47 bits per heavy atom. The Hall–Kier alpha value is -1.58. The molecule has 2 heterocycles. The van der Waals surface area contributed by atoms with Gasteiger partial charge in [0.2, 0.25) is 0 Å². The summed E-state index contributed by atoms with van der Waals surface area (Å²) in [7, 11) is 0. The van der Waals surface area contributed by atoms with Crippen molar-refractivity contribution in [2.75, 3.05) is 0 Å². The number of hydrogen-bond acceptors (Lipinski definition) is 2. The van der Waals surface area contributed by atoms with Crippen LogP contribution in [0.5, 0.6) is 0 Å². The molecule has 17 heavy (non-hydrogen) atoms. The molecule has 0 radical (unpaired) electrons. The van der Waals surface area contributed by atoms with Crippen LogP contribution in [0.25, 0.3) is 0 Å². The quantitative estimate of drug-likeness (QED) is 0.554. The van der Waals surface area contributed by atoms with Gasteiger partial charge < -0.3 is 5.11 Å². The molecular weight excluding hydrogens is 218 g/mol. The average Bonchev–Trinajstić information content (AvgIpc) is 2.61. The minimum atomic E-state index is -0.946. The molecule has 1 saturated carbocycles. The second kappa shape index (κ2) is 3.45. The number of aliphatic carboxylic acids is 1. The van der Waals surface area contributed by atoms with Crippen molar-refractivity contribution >= 4 is 11.9 Å². The van der Waals surface area contributed by atoms with Crippen molar-refractivity contribution in [2.45, 2.75) is 38.6 Å². The van der Waals surface area contributed by atoms with Gasteiger partial charge in [-0.3, -0.25) is 9.69 Å². The van der Waals surface area contributed by atoms with Crippen LogP contribution in [-0.4, -0.2) is 27.9 Å². The molecule has 3 aliphatic rings. The van der Waals surface area contributed by atoms with E-state index in [1.165, 1.54) is 4.90 Å². The Kier molecular flexibility index (Phi) is 2.15. The largest absolute Gasteiger partial charge is 0.477 e. The number of hydrogen-bond donors (Lipinski definition) is 1. The number of rotatable bonds is 1. The fourth-order valence-corrected chi connectivity index (χ4v) is 3.47. The summed E-state index contributed by atoms with van der Waals surface area (Å²) in [4.78, 5) is 24.7. The molecule has 2 atom stereocenters. The first kappa shape index (κ1) is 10.6. The van der Waals surface area contributed by atoms with E-state index in [9.17, 15) is 14.7 Å². The van der Waals surface area contributed by atoms with Crippen LogP contribution >= 0.6 is 0 Å². The Morgan fingerprint density at radius 3 is 2.88 bits per heavy atom. The van der Waals surface area contributed by atoms with E-state index in [1.807, 2.05) is 13.0 Å². The first-order valence-corrected chi connectivity index (χ1v) is 6.13. The smallest absolute Gasteiger partial charge is 0.352 e. The lowest BCUT2D eigenvalue weighted by molar-refractivity contribution is -0.142. The van der Waals surface area contributed by atoms with Crippen LogP contribution in [0.4, 0.5) is 0 Å². The monoisotopic (exact) mass is 233 g/mol. The van der Waals surface area contributed by atoms with Gasteiger partial charge in [0.1, 0.15) is 5.70 Å². The van der Waals surface area contributed by atoms with E-state index in [1.54, 1.807) is 0 Å². The van der Waals surface area contributed by atoms with Gasteiger partial charge in [0.05, 0.1) is 6.04 Å². The van der Waals surface area contributed by atoms with Gasteiger partial charge in [-0.1, -0.05) is 12.5 Å². The second-order valence-electron chi connectivity index (χ2n) is 4.90. The lowest BCUT2D eigenvalue weighted by Gasteiger charge is -2.41. The number of amides is 1. The molecule has 2 fully saturated rings. The first-order valence-electron chi connectivity index (χ1n) is 6.13. The summed E-state index contributed by atoms with van der Waals surface area (Å²) in [5.41, 5.74) is 2.07. The highest BCUT2D eigenvalue weighted by Gasteiger charge is 2.56. The SMILES string of the molecule is CC=C1C(=O)N2C(C(=O)O)=C3CCCC[C@@H]3[C@H]12. The van der Waals surface area contributed by atoms with Gasteiger partial charge in [-0.25, -0.2) is 4.79 Å². The third-order valence-corrected chi connectivity index (χ3v) is 4.16. The van der Waals surface area contributed by atoms with E-state index in [4.69, 9.17) is 0 Å².